The van der Waals surface area contributed by atoms with Gasteiger partial charge in [-0.1, -0.05) is 24.4 Å². The van der Waals surface area contributed by atoms with E-state index in [1.165, 1.54) is 24.1 Å². The van der Waals surface area contributed by atoms with Gasteiger partial charge in [-0.2, -0.15) is 13.2 Å². The molecule has 0 aliphatic heterocycles. The van der Waals surface area contributed by atoms with E-state index in [-0.39, 0.29) is 18.1 Å². The van der Waals surface area contributed by atoms with E-state index < -0.39 is 18.4 Å². The van der Waals surface area contributed by atoms with Crippen molar-refractivity contribution in [1.82, 2.24) is 4.90 Å². The van der Waals surface area contributed by atoms with Crippen LogP contribution in [0.4, 0.5) is 17.6 Å². The summed E-state index contributed by atoms with van der Waals surface area (Å²) in [6, 6.07) is 4.22. The fourth-order valence-electron chi connectivity index (χ4n) is 1.52. The molecule has 0 unspecified atom stereocenters. The highest BCUT2D eigenvalue weighted by molar-refractivity contribution is 7.80. The summed E-state index contributed by atoms with van der Waals surface area (Å²) >= 11 is 4.71. The summed E-state index contributed by atoms with van der Waals surface area (Å²) in [4.78, 5) is 1.49. The Morgan fingerprint density at radius 3 is 2.47 bits per heavy atom. The second kappa shape index (κ2) is 6.29. The lowest BCUT2D eigenvalue weighted by molar-refractivity contribution is -0.137. The average Bonchev–Trinajstić information content (AvgIpc) is 2.28. The zero-order chi connectivity index (χ0) is 14.6. The second-order valence-corrected chi connectivity index (χ2v) is 4.71. The zero-order valence-electron chi connectivity index (χ0n) is 10.3. The molecule has 19 heavy (non-hydrogen) atoms. The molecule has 0 aliphatic rings. The topological polar surface area (TPSA) is 29.3 Å². The summed E-state index contributed by atoms with van der Waals surface area (Å²) < 4.78 is 49.8. The molecule has 2 N–H and O–H groups in total. The van der Waals surface area contributed by atoms with Crippen LogP contribution in [0.5, 0.6) is 0 Å². The molecule has 0 radical (unpaired) electrons. The Morgan fingerprint density at radius 2 is 2.00 bits per heavy atom. The minimum absolute atomic E-state index is 0.0795. The van der Waals surface area contributed by atoms with E-state index in [1.54, 1.807) is 6.07 Å². The maximum Gasteiger partial charge on any atom is 0.390 e. The normalized spacial score (nSPS) is 11.9. The molecule has 0 aromatic heterocycles. The highest BCUT2D eigenvalue weighted by Gasteiger charge is 2.27. The van der Waals surface area contributed by atoms with Crippen molar-refractivity contribution in [3.8, 4) is 0 Å². The van der Waals surface area contributed by atoms with Crippen LogP contribution in [-0.4, -0.2) is 29.7 Å². The lowest BCUT2D eigenvalue weighted by Gasteiger charge is -2.18. The molecule has 106 valence electrons. The second-order valence-electron chi connectivity index (χ2n) is 4.27. The van der Waals surface area contributed by atoms with Crippen molar-refractivity contribution in [2.45, 2.75) is 19.1 Å². The zero-order valence-corrected chi connectivity index (χ0v) is 11.1. The van der Waals surface area contributed by atoms with Gasteiger partial charge in [0.1, 0.15) is 10.8 Å². The van der Waals surface area contributed by atoms with Gasteiger partial charge in [0.15, 0.2) is 0 Å². The van der Waals surface area contributed by atoms with E-state index in [9.17, 15) is 17.6 Å². The van der Waals surface area contributed by atoms with Gasteiger partial charge in [0.05, 0.1) is 6.42 Å². The van der Waals surface area contributed by atoms with E-state index in [0.717, 1.165) is 0 Å². The van der Waals surface area contributed by atoms with Gasteiger partial charge < -0.3 is 10.6 Å². The molecule has 2 nitrogen and oxygen atoms in total. The smallest absolute Gasteiger partial charge is 0.389 e. The number of alkyl halides is 3. The first kappa shape index (κ1) is 15.8. The van der Waals surface area contributed by atoms with Crippen LogP contribution >= 0.6 is 12.2 Å². The molecule has 7 heteroatoms. The lowest BCUT2D eigenvalue weighted by atomic mass is 10.1. The third-order valence-electron chi connectivity index (χ3n) is 2.55. The molecule has 1 aromatic rings. The van der Waals surface area contributed by atoms with E-state index in [4.69, 9.17) is 18.0 Å². The highest BCUT2D eigenvalue weighted by Crippen LogP contribution is 2.20. The molecule has 0 aliphatic carbocycles. The van der Waals surface area contributed by atoms with Crippen molar-refractivity contribution >= 4 is 17.2 Å². The van der Waals surface area contributed by atoms with E-state index >= 15 is 0 Å². The molecule has 0 saturated heterocycles. The quantitative estimate of drug-likeness (QED) is 0.669. The Kier molecular flexibility index (Phi) is 5.25. The Morgan fingerprint density at radius 1 is 1.37 bits per heavy atom. The van der Waals surface area contributed by atoms with Crippen molar-refractivity contribution < 1.29 is 17.6 Å². The average molecular weight is 294 g/mol. The van der Waals surface area contributed by atoms with E-state index in [2.05, 4.69) is 0 Å². The van der Waals surface area contributed by atoms with Crippen LogP contribution in [0.15, 0.2) is 18.2 Å². The predicted molar refractivity (Wildman–Crippen MR) is 69.3 cm³/mol. The molecule has 1 rings (SSSR count). The number of nitrogens with two attached hydrogens (primary N) is 1. The number of hydrogen-bond acceptors (Lipinski definition) is 2. The molecular formula is C12H14F4N2S. The van der Waals surface area contributed by atoms with Gasteiger partial charge in [-0.05, 0) is 13.1 Å². The summed E-state index contributed by atoms with van der Waals surface area (Å²) in [5, 5.41) is 0. The number of thiocarbonyl (C=S) groups is 1. The molecule has 0 saturated carbocycles. The van der Waals surface area contributed by atoms with Gasteiger partial charge in [0, 0.05) is 24.2 Å². The molecular weight excluding hydrogens is 280 g/mol. The van der Waals surface area contributed by atoms with Gasteiger partial charge in [-0.15, -0.1) is 0 Å². The largest absolute Gasteiger partial charge is 0.390 e. The molecule has 0 atom stereocenters. The number of rotatable bonds is 5. The van der Waals surface area contributed by atoms with Crippen molar-refractivity contribution in [2.75, 3.05) is 13.6 Å². The number of halogens is 4. The van der Waals surface area contributed by atoms with Gasteiger partial charge >= 0.3 is 6.18 Å². The summed E-state index contributed by atoms with van der Waals surface area (Å²) in [6.07, 6.45) is -5.13. The van der Waals surface area contributed by atoms with Crippen LogP contribution in [0.2, 0.25) is 0 Å². The Hall–Kier alpha value is -1.21. The predicted octanol–water partition coefficient (Wildman–Crippen LogP) is 2.84. The van der Waals surface area contributed by atoms with Crippen LogP contribution in [0, 0.1) is 5.82 Å². The highest BCUT2D eigenvalue weighted by atomic mass is 32.1. The molecule has 1 aromatic carbocycles. The number of benzene rings is 1. The first-order valence-corrected chi connectivity index (χ1v) is 5.93. The maximum absolute atomic E-state index is 13.7. The molecule has 0 fully saturated rings. The fraction of sp³-hybridized carbons (Fsp3) is 0.417. The number of hydrogen-bond donors (Lipinski definition) is 1. The molecule has 0 heterocycles. The monoisotopic (exact) mass is 294 g/mol. The number of nitrogens with zero attached hydrogens (tertiary/aromatic N) is 1. The van der Waals surface area contributed by atoms with Crippen LogP contribution in [0.3, 0.4) is 0 Å². The van der Waals surface area contributed by atoms with Gasteiger partial charge in [-0.3, -0.25) is 0 Å². The first-order valence-electron chi connectivity index (χ1n) is 5.52. The van der Waals surface area contributed by atoms with Crippen molar-refractivity contribution in [3.05, 3.63) is 35.1 Å². The summed E-state index contributed by atoms with van der Waals surface area (Å²) in [7, 11) is 1.51. The Bertz CT molecular complexity index is 460. The molecule has 0 spiro atoms. The fourth-order valence-corrected chi connectivity index (χ4v) is 1.64. The third kappa shape index (κ3) is 5.52. The molecule has 0 bridgehead atoms. The van der Waals surface area contributed by atoms with Crippen molar-refractivity contribution in [3.63, 3.8) is 0 Å². The Balaban J connectivity index is 2.64. The van der Waals surface area contributed by atoms with Crippen LogP contribution in [0.1, 0.15) is 17.5 Å². The van der Waals surface area contributed by atoms with E-state index in [0.29, 0.717) is 11.1 Å². The third-order valence-corrected chi connectivity index (χ3v) is 2.79. The lowest BCUT2D eigenvalue weighted by Crippen LogP contribution is -2.24. The van der Waals surface area contributed by atoms with Crippen LogP contribution in [0.25, 0.3) is 0 Å². The van der Waals surface area contributed by atoms with Crippen molar-refractivity contribution in [2.24, 2.45) is 5.73 Å². The van der Waals surface area contributed by atoms with Crippen LogP contribution < -0.4 is 5.73 Å². The van der Waals surface area contributed by atoms with E-state index in [1.807, 2.05) is 0 Å². The van der Waals surface area contributed by atoms with Gasteiger partial charge in [0.25, 0.3) is 0 Å². The SMILES string of the molecule is CN(CCC(F)(F)F)Cc1ccc(C(N)=S)cc1F. The minimum Gasteiger partial charge on any atom is -0.389 e. The standard InChI is InChI=1S/C12H14F4N2S/c1-18(5-4-12(14,15)16)7-9-3-2-8(11(17)19)6-10(9)13/h2-3,6H,4-5,7H2,1H3,(H2,17,19). The molecule has 0 amide bonds. The minimum atomic E-state index is -4.21. The first-order chi connectivity index (χ1) is 8.69. The van der Waals surface area contributed by atoms with Gasteiger partial charge in [-0.25, -0.2) is 4.39 Å². The summed E-state index contributed by atoms with van der Waals surface area (Å²) in [5.41, 5.74) is 6.07. The summed E-state index contributed by atoms with van der Waals surface area (Å²) in [6.45, 7) is -0.0838. The van der Waals surface area contributed by atoms with Crippen molar-refractivity contribution in [1.29, 1.82) is 0 Å². The van der Waals surface area contributed by atoms with Crippen LogP contribution in [-0.2, 0) is 6.54 Å². The summed E-state index contributed by atoms with van der Waals surface area (Å²) in [5.74, 6) is -0.524. The van der Waals surface area contributed by atoms with Gasteiger partial charge in [0.2, 0.25) is 0 Å². The Labute approximate surface area is 114 Å². The maximum atomic E-state index is 13.7.